The van der Waals surface area contributed by atoms with Crippen molar-refractivity contribution in [2.75, 3.05) is 6.54 Å². The third-order valence-corrected chi connectivity index (χ3v) is 5.11. The molecule has 3 rings (SSSR count). The van der Waals surface area contributed by atoms with Gasteiger partial charge >= 0.3 is 0 Å². The van der Waals surface area contributed by atoms with E-state index in [1.807, 2.05) is 37.3 Å². The van der Waals surface area contributed by atoms with Crippen LogP contribution in [0.15, 0.2) is 52.5 Å². The summed E-state index contributed by atoms with van der Waals surface area (Å²) in [5.74, 6) is 0. The molecule has 0 aliphatic heterocycles. The lowest BCUT2D eigenvalue weighted by Crippen LogP contribution is -2.35. The zero-order chi connectivity index (χ0) is 15.4. The predicted octanol–water partition coefficient (Wildman–Crippen LogP) is 3.87. The Balaban J connectivity index is 1.57. The molecule has 0 radical (unpaired) electrons. The second kappa shape index (κ2) is 6.71. The molecule has 1 atom stereocenters. The van der Waals surface area contributed by atoms with Gasteiger partial charge in [0.05, 0.1) is 11.3 Å². The fraction of sp³-hybridized carbons (Fsp3) is 0.235. The third-order valence-electron chi connectivity index (χ3n) is 3.49. The van der Waals surface area contributed by atoms with Gasteiger partial charge in [0.25, 0.3) is 0 Å². The molecule has 0 saturated carbocycles. The van der Waals surface area contributed by atoms with Gasteiger partial charge in [-0.15, -0.1) is 11.3 Å². The van der Waals surface area contributed by atoms with Crippen LogP contribution in [0, 0.1) is 0 Å². The van der Waals surface area contributed by atoms with Gasteiger partial charge in [0.15, 0.2) is 0 Å². The van der Waals surface area contributed by atoms with Crippen LogP contribution in [-0.2, 0) is 12.1 Å². The van der Waals surface area contributed by atoms with E-state index in [9.17, 15) is 5.11 Å². The lowest BCUT2D eigenvalue weighted by molar-refractivity contribution is 0.0566. The summed E-state index contributed by atoms with van der Waals surface area (Å²) in [4.78, 5) is 4.63. The van der Waals surface area contributed by atoms with Gasteiger partial charge < -0.3 is 10.4 Å². The Morgan fingerprint density at radius 1 is 1.18 bits per heavy atom. The molecule has 2 N–H and O–H groups in total. The van der Waals surface area contributed by atoms with Gasteiger partial charge in [-0.25, -0.2) is 4.98 Å². The Labute approximate surface area is 138 Å². The van der Waals surface area contributed by atoms with E-state index >= 15 is 0 Å². The Kier molecular flexibility index (Phi) is 4.69. The molecule has 0 amide bonds. The normalized spacial score (nSPS) is 13.9. The molecule has 2 heterocycles. The summed E-state index contributed by atoms with van der Waals surface area (Å²) in [5, 5.41) is 21.1. The highest BCUT2D eigenvalue weighted by Crippen LogP contribution is 2.25. The fourth-order valence-electron chi connectivity index (χ4n) is 2.24. The number of nitrogens with one attached hydrogen (secondary N) is 1. The van der Waals surface area contributed by atoms with Crippen LogP contribution >= 0.6 is 22.7 Å². The number of hydrogen-bond donors (Lipinski definition) is 2. The maximum absolute atomic E-state index is 10.5. The molecule has 1 unspecified atom stereocenters. The monoisotopic (exact) mass is 330 g/mol. The molecular formula is C17H18N2OS2. The molecule has 0 spiro atoms. The summed E-state index contributed by atoms with van der Waals surface area (Å²) in [6.45, 7) is 2.97. The van der Waals surface area contributed by atoms with Gasteiger partial charge in [0.2, 0.25) is 0 Å². The number of thiophene rings is 1. The Bertz CT molecular complexity index is 705. The first-order valence-corrected chi connectivity index (χ1v) is 8.93. The maximum atomic E-state index is 10.5. The SMILES string of the molecule is CC(O)(CNCc1csc(-c2ccsc2)n1)c1ccccc1. The summed E-state index contributed by atoms with van der Waals surface area (Å²) in [5.41, 5.74) is 2.22. The first kappa shape index (κ1) is 15.4. The molecule has 3 aromatic rings. The maximum Gasteiger partial charge on any atom is 0.124 e. The molecule has 0 saturated heterocycles. The lowest BCUT2D eigenvalue weighted by Gasteiger charge is -2.24. The molecule has 0 fully saturated rings. The first-order valence-electron chi connectivity index (χ1n) is 7.11. The van der Waals surface area contributed by atoms with Crippen molar-refractivity contribution in [3.8, 4) is 10.6 Å². The van der Waals surface area contributed by atoms with E-state index in [0.717, 1.165) is 16.3 Å². The second-order valence-electron chi connectivity index (χ2n) is 5.40. The van der Waals surface area contributed by atoms with Crippen molar-refractivity contribution in [3.05, 3.63) is 63.8 Å². The molecule has 5 heteroatoms. The predicted molar refractivity (Wildman–Crippen MR) is 93.1 cm³/mol. The fourth-order valence-corrected chi connectivity index (χ4v) is 3.77. The number of nitrogens with zero attached hydrogens (tertiary/aromatic N) is 1. The van der Waals surface area contributed by atoms with E-state index < -0.39 is 5.60 Å². The van der Waals surface area contributed by atoms with Crippen LogP contribution in [0.3, 0.4) is 0 Å². The van der Waals surface area contributed by atoms with Crippen molar-refractivity contribution >= 4 is 22.7 Å². The van der Waals surface area contributed by atoms with Gasteiger partial charge in [-0.05, 0) is 23.9 Å². The topological polar surface area (TPSA) is 45.1 Å². The van der Waals surface area contributed by atoms with Crippen LogP contribution in [0.25, 0.3) is 10.6 Å². The van der Waals surface area contributed by atoms with E-state index in [1.165, 1.54) is 5.56 Å². The van der Waals surface area contributed by atoms with Crippen LogP contribution in [-0.4, -0.2) is 16.6 Å². The summed E-state index contributed by atoms with van der Waals surface area (Å²) in [6, 6.07) is 11.8. The highest BCUT2D eigenvalue weighted by atomic mass is 32.1. The van der Waals surface area contributed by atoms with E-state index in [4.69, 9.17) is 0 Å². The van der Waals surface area contributed by atoms with Crippen LogP contribution in [0.5, 0.6) is 0 Å². The minimum atomic E-state index is -0.881. The first-order chi connectivity index (χ1) is 10.6. The average Bonchev–Trinajstić information content (AvgIpc) is 3.19. The van der Waals surface area contributed by atoms with Crippen molar-refractivity contribution in [1.82, 2.24) is 10.3 Å². The van der Waals surface area contributed by atoms with Crippen LogP contribution in [0.4, 0.5) is 0 Å². The highest BCUT2D eigenvalue weighted by Gasteiger charge is 2.22. The number of hydrogen-bond acceptors (Lipinski definition) is 5. The zero-order valence-corrected chi connectivity index (χ0v) is 14.0. The minimum Gasteiger partial charge on any atom is -0.384 e. The number of aliphatic hydroxyl groups is 1. The summed E-state index contributed by atoms with van der Waals surface area (Å²) >= 11 is 3.34. The number of aromatic nitrogens is 1. The number of thiazole rings is 1. The van der Waals surface area contributed by atoms with Gasteiger partial charge in [0, 0.05) is 29.4 Å². The largest absolute Gasteiger partial charge is 0.384 e. The molecule has 0 bridgehead atoms. The Morgan fingerprint density at radius 3 is 2.73 bits per heavy atom. The molecule has 22 heavy (non-hydrogen) atoms. The van der Waals surface area contributed by atoms with Crippen LogP contribution in [0.1, 0.15) is 18.2 Å². The van der Waals surface area contributed by atoms with Crippen molar-refractivity contribution in [1.29, 1.82) is 0 Å². The van der Waals surface area contributed by atoms with Gasteiger partial charge in [-0.1, -0.05) is 30.3 Å². The summed E-state index contributed by atoms with van der Waals surface area (Å²) in [6.07, 6.45) is 0. The molecular weight excluding hydrogens is 312 g/mol. The van der Waals surface area contributed by atoms with Crippen LogP contribution < -0.4 is 5.32 Å². The molecule has 2 aromatic heterocycles. The third kappa shape index (κ3) is 3.62. The quantitative estimate of drug-likeness (QED) is 0.721. The van der Waals surface area contributed by atoms with Crippen molar-refractivity contribution in [2.24, 2.45) is 0 Å². The standard InChI is InChI=1S/C17H18N2OS2/c1-17(20,14-5-3-2-4-6-14)12-18-9-15-11-22-16(19-15)13-7-8-21-10-13/h2-8,10-11,18,20H,9,12H2,1H3. The molecule has 3 nitrogen and oxygen atoms in total. The van der Waals surface area contributed by atoms with Gasteiger partial charge in [-0.3, -0.25) is 0 Å². The lowest BCUT2D eigenvalue weighted by atomic mass is 9.96. The van der Waals surface area contributed by atoms with Crippen LogP contribution in [0.2, 0.25) is 0 Å². The van der Waals surface area contributed by atoms with Gasteiger partial charge in [0.1, 0.15) is 5.01 Å². The average molecular weight is 330 g/mol. The molecule has 0 aliphatic carbocycles. The van der Waals surface area contributed by atoms with E-state index in [2.05, 4.69) is 32.5 Å². The van der Waals surface area contributed by atoms with E-state index in [1.54, 1.807) is 22.7 Å². The number of benzene rings is 1. The van der Waals surface area contributed by atoms with Crippen molar-refractivity contribution < 1.29 is 5.11 Å². The second-order valence-corrected chi connectivity index (χ2v) is 7.04. The summed E-state index contributed by atoms with van der Waals surface area (Å²) < 4.78 is 0. The zero-order valence-electron chi connectivity index (χ0n) is 12.3. The minimum absolute atomic E-state index is 0.488. The van der Waals surface area contributed by atoms with E-state index in [-0.39, 0.29) is 0 Å². The molecule has 114 valence electrons. The smallest absolute Gasteiger partial charge is 0.124 e. The number of rotatable bonds is 6. The summed E-state index contributed by atoms with van der Waals surface area (Å²) in [7, 11) is 0. The Hall–Kier alpha value is -1.53. The molecule has 0 aliphatic rings. The van der Waals surface area contributed by atoms with Crippen molar-refractivity contribution in [2.45, 2.75) is 19.1 Å². The highest BCUT2D eigenvalue weighted by molar-refractivity contribution is 7.14. The van der Waals surface area contributed by atoms with Gasteiger partial charge in [-0.2, -0.15) is 11.3 Å². The van der Waals surface area contributed by atoms with E-state index in [0.29, 0.717) is 13.1 Å². The molecule has 1 aromatic carbocycles. The Morgan fingerprint density at radius 2 is 2.00 bits per heavy atom. The van der Waals surface area contributed by atoms with Crippen molar-refractivity contribution in [3.63, 3.8) is 0 Å².